The minimum absolute atomic E-state index is 0.143. The van der Waals surface area contributed by atoms with Crippen LogP contribution in [0, 0.1) is 0 Å². The van der Waals surface area contributed by atoms with Crippen LogP contribution in [0.3, 0.4) is 0 Å². The Morgan fingerprint density at radius 2 is 2.11 bits per heavy atom. The van der Waals surface area contributed by atoms with Crippen LogP contribution in [0.25, 0.3) is 10.9 Å². The topological polar surface area (TPSA) is 34.1 Å². The summed E-state index contributed by atoms with van der Waals surface area (Å²) < 4.78 is 5.95. The first-order valence-corrected chi connectivity index (χ1v) is 6.52. The highest BCUT2D eigenvalue weighted by Crippen LogP contribution is 2.23. The van der Waals surface area contributed by atoms with Gasteiger partial charge in [0.25, 0.3) is 0 Å². The van der Waals surface area contributed by atoms with E-state index in [1.165, 1.54) is 0 Å². The molecule has 2 rings (SSSR count). The predicted octanol–water partition coefficient (Wildman–Crippen LogP) is 3.00. The third-order valence-corrected chi connectivity index (χ3v) is 2.78. The van der Waals surface area contributed by atoms with Crippen LogP contribution in [0.4, 0.5) is 0 Å². The van der Waals surface area contributed by atoms with Gasteiger partial charge in [0, 0.05) is 18.1 Å². The maximum atomic E-state index is 5.95. The highest BCUT2D eigenvalue weighted by molar-refractivity contribution is 5.84. The minimum Gasteiger partial charge on any atom is -0.487 e. The number of benzene rings is 1. The van der Waals surface area contributed by atoms with Gasteiger partial charge in [-0.15, -0.1) is 0 Å². The molecule has 0 fully saturated rings. The Balaban J connectivity index is 2.07. The van der Waals surface area contributed by atoms with Crippen LogP contribution < -0.4 is 10.1 Å². The van der Waals surface area contributed by atoms with Crippen molar-refractivity contribution in [3.8, 4) is 5.75 Å². The number of rotatable bonds is 6. The van der Waals surface area contributed by atoms with E-state index >= 15 is 0 Å². The lowest BCUT2D eigenvalue weighted by Crippen LogP contribution is -2.29. The monoisotopic (exact) mass is 244 g/mol. The van der Waals surface area contributed by atoms with Gasteiger partial charge in [0.15, 0.2) is 0 Å². The van der Waals surface area contributed by atoms with E-state index in [0.717, 1.165) is 36.2 Å². The van der Waals surface area contributed by atoms with E-state index in [-0.39, 0.29) is 6.10 Å². The Kier molecular flexibility index (Phi) is 4.53. The Bertz CT molecular complexity index is 493. The number of para-hydroxylation sites is 1. The standard InChI is InChI=1S/C15H20N2O/c1-3-9-16-11-12(2)18-14-8-4-6-13-7-5-10-17-15(13)14/h4-8,10,12,16H,3,9,11H2,1-2H3. The molecule has 1 atom stereocenters. The van der Waals surface area contributed by atoms with E-state index in [9.17, 15) is 0 Å². The molecule has 0 spiro atoms. The van der Waals surface area contributed by atoms with Crippen LogP contribution in [0.15, 0.2) is 36.5 Å². The van der Waals surface area contributed by atoms with Crippen molar-refractivity contribution in [3.63, 3.8) is 0 Å². The van der Waals surface area contributed by atoms with Crippen LogP contribution in [-0.4, -0.2) is 24.2 Å². The summed E-state index contributed by atoms with van der Waals surface area (Å²) in [5, 5.41) is 4.47. The van der Waals surface area contributed by atoms with Gasteiger partial charge in [-0.2, -0.15) is 0 Å². The average Bonchev–Trinajstić information content (AvgIpc) is 2.39. The highest BCUT2D eigenvalue weighted by Gasteiger charge is 2.07. The van der Waals surface area contributed by atoms with Gasteiger partial charge in [0.05, 0.1) is 0 Å². The predicted molar refractivity (Wildman–Crippen MR) is 75.0 cm³/mol. The highest BCUT2D eigenvalue weighted by atomic mass is 16.5. The molecule has 0 radical (unpaired) electrons. The number of aromatic nitrogens is 1. The SMILES string of the molecule is CCCNCC(C)Oc1cccc2cccnc12. The minimum atomic E-state index is 0.143. The first-order chi connectivity index (χ1) is 8.81. The summed E-state index contributed by atoms with van der Waals surface area (Å²) in [7, 11) is 0. The fourth-order valence-corrected chi connectivity index (χ4v) is 1.91. The van der Waals surface area contributed by atoms with E-state index < -0.39 is 0 Å². The second kappa shape index (κ2) is 6.36. The number of hydrogen-bond donors (Lipinski definition) is 1. The maximum absolute atomic E-state index is 5.95. The summed E-state index contributed by atoms with van der Waals surface area (Å²) >= 11 is 0. The fraction of sp³-hybridized carbons (Fsp3) is 0.400. The molecular weight excluding hydrogens is 224 g/mol. The first kappa shape index (κ1) is 12.8. The van der Waals surface area contributed by atoms with Gasteiger partial charge in [-0.3, -0.25) is 4.98 Å². The lowest BCUT2D eigenvalue weighted by molar-refractivity contribution is 0.220. The molecule has 0 bridgehead atoms. The quantitative estimate of drug-likeness (QED) is 0.793. The van der Waals surface area contributed by atoms with Gasteiger partial charge >= 0.3 is 0 Å². The normalized spacial score (nSPS) is 12.6. The molecule has 0 aliphatic heterocycles. The Morgan fingerprint density at radius 3 is 2.94 bits per heavy atom. The van der Waals surface area contributed by atoms with Crippen molar-refractivity contribution in [1.29, 1.82) is 0 Å². The van der Waals surface area contributed by atoms with Crippen LogP contribution in [0.2, 0.25) is 0 Å². The molecule has 1 N–H and O–H groups in total. The van der Waals surface area contributed by atoms with Crippen molar-refractivity contribution < 1.29 is 4.74 Å². The van der Waals surface area contributed by atoms with Crippen LogP contribution in [0.1, 0.15) is 20.3 Å². The summed E-state index contributed by atoms with van der Waals surface area (Å²) in [5.41, 5.74) is 0.933. The second-order valence-electron chi connectivity index (χ2n) is 4.46. The zero-order valence-corrected chi connectivity index (χ0v) is 11.0. The Labute approximate surface area is 108 Å². The Hall–Kier alpha value is -1.61. The lowest BCUT2D eigenvalue weighted by atomic mass is 10.2. The van der Waals surface area contributed by atoms with Gasteiger partial charge in [0.2, 0.25) is 0 Å². The van der Waals surface area contributed by atoms with Crippen LogP contribution >= 0.6 is 0 Å². The maximum Gasteiger partial charge on any atom is 0.145 e. The molecule has 1 unspecified atom stereocenters. The molecule has 0 aliphatic carbocycles. The van der Waals surface area contributed by atoms with Crippen LogP contribution in [0.5, 0.6) is 5.75 Å². The number of nitrogens with zero attached hydrogens (tertiary/aromatic N) is 1. The molecular formula is C15H20N2O. The molecule has 18 heavy (non-hydrogen) atoms. The molecule has 96 valence electrons. The van der Waals surface area contributed by atoms with E-state index in [1.807, 2.05) is 18.2 Å². The fourth-order valence-electron chi connectivity index (χ4n) is 1.91. The number of ether oxygens (including phenoxy) is 1. The van der Waals surface area contributed by atoms with Gasteiger partial charge in [-0.25, -0.2) is 0 Å². The number of hydrogen-bond acceptors (Lipinski definition) is 3. The molecule has 2 aromatic rings. The van der Waals surface area contributed by atoms with Crippen molar-refractivity contribution in [3.05, 3.63) is 36.5 Å². The number of nitrogens with one attached hydrogen (secondary N) is 1. The molecule has 3 nitrogen and oxygen atoms in total. The third-order valence-electron chi connectivity index (χ3n) is 2.78. The second-order valence-corrected chi connectivity index (χ2v) is 4.46. The third kappa shape index (κ3) is 3.20. The van der Waals surface area contributed by atoms with E-state index in [1.54, 1.807) is 6.20 Å². The summed E-state index contributed by atoms with van der Waals surface area (Å²) in [6, 6.07) is 10.0. The summed E-state index contributed by atoms with van der Waals surface area (Å²) in [4.78, 5) is 4.39. The van der Waals surface area contributed by atoms with Crippen molar-refractivity contribution in [2.24, 2.45) is 0 Å². The van der Waals surface area contributed by atoms with Crippen LogP contribution in [-0.2, 0) is 0 Å². The van der Waals surface area contributed by atoms with Crippen molar-refractivity contribution in [2.75, 3.05) is 13.1 Å². The van der Waals surface area contributed by atoms with Gasteiger partial charge in [-0.05, 0) is 32.0 Å². The average molecular weight is 244 g/mol. The summed E-state index contributed by atoms with van der Waals surface area (Å²) in [5.74, 6) is 0.860. The van der Waals surface area contributed by atoms with Crippen molar-refractivity contribution in [1.82, 2.24) is 10.3 Å². The molecule has 1 aromatic carbocycles. The smallest absolute Gasteiger partial charge is 0.145 e. The van der Waals surface area contributed by atoms with Crippen molar-refractivity contribution in [2.45, 2.75) is 26.4 Å². The zero-order valence-electron chi connectivity index (χ0n) is 11.0. The molecule has 0 amide bonds. The molecule has 1 aromatic heterocycles. The van der Waals surface area contributed by atoms with E-state index in [4.69, 9.17) is 4.74 Å². The summed E-state index contributed by atoms with van der Waals surface area (Å²) in [6.07, 6.45) is 3.08. The first-order valence-electron chi connectivity index (χ1n) is 6.52. The van der Waals surface area contributed by atoms with Gasteiger partial charge < -0.3 is 10.1 Å². The lowest BCUT2D eigenvalue weighted by Gasteiger charge is -2.16. The zero-order chi connectivity index (χ0) is 12.8. The van der Waals surface area contributed by atoms with Gasteiger partial charge in [0.1, 0.15) is 17.4 Å². The van der Waals surface area contributed by atoms with Gasteiger partial charge in [-0.1, -0.05) is 25.1 Å². The molecule has 0 saturated carbocycles. The largest absolute Gasteiger partial charge is 0.487 e. The Morgan fingerprint density at radius 1 is 1.28 bits per heavy atom. The molecule has 0 aliphatic rings. The number of pyridine rings is 1. The molecule has 1 heterocycles. The van der Waals surface area contributed by atoms with E-state index in [0.29, 0.717) is 0 Å². The van der Waals surface area contributed by atoms with E-state index in [2.05, 4.69) is 36.3 Å². The molecule has 3 heteroatoms. The molecule has 0 saturated heterocycles. The van der Waals surface area contributed by atoms with Crippen molar-refractivity contribution >= 4 is 10.9 Å². The summed E-state index contributed by atoms with van der Waals surface area (Å²) in [6.45, 7) is 6.12. The number of fused-ring (bicyclic) bond motifs is 1.